The molecule has 7 heteroatoms. The van der Waals surface area contributed by atoms with Crippen LogP contribution in [0.1, 0.15) is 43.9 Å². The summed E-state index contributed by atoms with van der Waals surface area (Å²) in [4.78, 5) is 28.3. The number of thioether (sulfide) groups is 1. The molecule has 0 aromatic carbocycles. The standard InChI is InChI=1S/C16H25N3O3S/c1-2-8-17-14(21)11-23-15-12-6-3-4-7-13(12)19(9-5-10-20)16(22)18-15/h20H,2-11H2,1H3,(H,17,21). The van der Waals surface area contributed by atoms with Crippen molar-refractivity contribution in [3.63, 3.8) is 0 Å². The van der Waals surface area contributed by atoms with Crippen molar-refractivity contribution in [3.05, 3.63) is 21.7 Å². The van der Waals surface area contributed by atoms with Gasteiger partial charge in [-0.15, -0.1) is 0 Å². The number of aliphatic hydroxyl groups excluding tert-OH is 1. The van der Waals surface area contributed by atoms with Crippen LogP contribution in [-0.2, 0) is 24.2 Å². The molecular weight excluding hydrogens is 314 g/mol. The molecule has 0 saturated carbocycles. The first-order chi connectivity index (χ1) is 11.2. The predicted octanol–water partition coefficient (Wildman–Crippen LogP) is 1.12. The Kier molecular flexibility index (Phi) is 7.11. The number of nitrogens with zero attached hydrogens (tertiary/aromatic N) is 2. The molecule has 0 spiro atoms. The van der Waals surface area contributed by atoms with Gasteiger partial charge < -0.3 is 10.4 Å². The fourth-order valence-corrected chi connectivity index (χ4v) is 3.68. The summed E-state index contributed by atoms with van der Waals surface area (Å²) < 4.78 is 1.70. The SMILES string of the molecule is CCCNC(=O)CSc1nc(=O)n(CCCO)c2c1CCCC2. The smallest absolute Gasteiger partial charge is 0.348 e. The summed E-state index contributed by atoms with van der Waals surface area (Å²) in [7, 11) is 0. The lowest BCUT2D eigenvalue weighted by Crippen LogP contribution is -2.31. The zero-order valence-corrected chi connectivity index (χ0v) is 14.5. The molecular formula is C16H25N3O3S. The number of aromatic nitrogens is 2. The molecule has 0 saturated heterocycles. The Morgan fingerprint density at radius 3 is 2.91 bits per heavy atom. The van der Waals surface area contributed by atoms with Gasteiger partial charge in [0.1, 0.15) is 5.03 Å². The largest absolute Gasteiger partial charge is 0.396 e. The molecule has 0 atom stereocenters. The number of rotatable bonds is 8. The molecule has 1 aromatic rings. The third-order valence-electron chi connectivity index (χ3n) is 3.90. The van der Waals surface area contributed by atoms with E-state index < -0.39 is 0 Å². The molecule has 1 aliphatic carbocycles. The molecule has 23 heavy (non-hydrogen) atoms. The molecule has 1 aromatic heterocycles. The molecule has 0 radical (unpaired) electrons. The number of hydrogen-bond donors (Lipinski definition) is 2. The first-order valence-corrected chi connectivity index (χ1v) is 9.28. The van der Waals surface area contributed by atoms with Gasteiger partial charge >= 0.3 is 5.69 Å². The van der Waals surface area contributed by atoms with Gasteiger partial charge in [-0.05, 0) is 38.5 Å². The summed E-state index contributed by atoms with van der Waals surface area (Å²) in [6.45, 7) is 3.26. The number of aliphatic hydroxyl groups is 1. The summed E-state index contributed by atoms with van der Waals surface area (Å²) in [5.74, 6) is 0.271. The van der Waals surface area contributed by atoms with Gasteiger partial charge in [-0.1, -0.05) is 18.7 Å². The highest BCUT2D eigenvalue weighted by molar-refractivity contribution is 7.99. The van der Waals surface area contributed by atoms with Gasteiger partial charge in [-0.3, -0.25) is 9.36 Å². The van der Waals surface area contributed by atoms with Gasteiger partial charge in [-0.2, -0.15) is 4.98 Å². The number of carbonyl (C=O) groups is 1. The second-order valence-electron chi connectivity index (χ2n) is 5.70. The lowest BCUT2D eigenvalue weighted by molar-refractivity contribution is -0.118. The van der Waals surface area contributed by atoms with Crippen LogP contribution in [0.4, 0.5) is 0 Å². The van der Waals surface area contributed by atoms with E-state index in [0.29, 0.717) is 30.3 Å². The summed E-state index contributed by atoms with van der Waals surface area (Å²) in [5.41, 5.74) is 1.89. The van der Waals surface area contributed by atoms with E-state index in [1.807, 2.05) is 6.92 Å². The van der Waals surface area contributed by atoms with Crippen molar-refractivity contribution < 1.29 is 9.90 Å². The summed E-state index contributed by atoms with van der Waals surface area (Å²) >= 11 is 1.35. The van der Waals surface area contributed by atoms with Crippen LogP contribution in [0.2, 0.25) is 0 Å². The monoisotopic (exact) mass is 339 g/mol. The normalized spacial score (nSPS) is 13.7. The van der Waals surface area contributed by atoms with Gasteiger partial charge in [0.25, 0.3) is 0 Å². The van der Waals surface area contributed by atoms with Crippen LogP contribution in [0.3, 0.4) is 0 Å². The molecule has 0 fully saturated rings. The maximum Gasteiger partial charge on any atom is 0.348 e. The number of hydrogen-bond acceptors (Lipinski definition) is 5. The van der Waals surface area contributed by atoms with Crippen molar-refractivity contribution in [1.82, 2.24) is 14.9 Å². The van der Waals surface area contributed by atoms with E-state index in [4.69, 9.17) is 5.11 Å². The van der Waals surface area contributed by atoms with E-state index in [9.17, 15) is 9.59 Å². The molecule has 128 valence electrons. The number of nitrogens with one attached hydrogen (secondary N) is 1. The van der Waals surface area contributed by atoms with Gasteiger partial charge in [0.15, 0.2) is 0 Å². The van der Waals surface area contributed by atoms with Crippen LogP contribution in [-0.4, -0.2) is 39.5 Å². The first kappa shape index (κ1) is 18.0. The van der Waals surface area contributed by atoms with Crippen LogP contribution in [0.5, 0.6) is 0 Å². The van der Waals surface area contributed by atoms with E-state index >= 15 is 0 Å². The molecule has 1 heterocycles. The topological polar surface area (TPSA) is 84.2 Å². The Balaban J connectivity index is 2.18. The molecule has 0 unspecified atom stereocenters. The van der Waals surface area contributed by atoms with Gasteiger partial charge in [0.05, 0.1) is 5.75 Å². The summed E-state index contributed by atoms with van der Waals surface area (Å²) in [5, 5.41) is 12.6. The van der Waals surface area contributed by atoms with Crippen LogP contribution in [0.25, 0.3) is 0 Å². The number of fused-ring (bicyclic) bond motifs is 1. The second kappa shape index (κ2) is 9.08. The van der Waals surface area contributed by atoms with Crippen LogP contribution in [0.15, 0.2) is 9.82 Å². The van der Waals surface area contributed by atoms with Crippen molar-refractivity contribution in [1.29, 1.82) is 0 Å². The van der Waals surface area contributed by atoms with Gasteiger partial charge in [-0.25, -0.2) is 4.79 Å². The third kappa shape index (κ3) is 4.81. The number of carbonyl (C=O) groups excluding carboxylic acids is 1. The van der Waals surface area contributed by atoms with Crippen molar-refractivity contribution in [2.45, 2.75) is 57.0 Å². The fourth-order valence-electron chi connectivity index (χ4n) is 2.78. The van der Waals surface area contributed by atoms with E-state index in [1.54, 1.807) is 4.57 Å². The highest BCUT2D eigenvalue weighted by atomic mass is 32.2. The minimum atomic E-state index is -0.268. The molecule has 2 rings (SSSR count). The van der Waals surface area contributed by atoms with E-state index in [-0.39, 0.29) is 18.2 Å². The summed E-state index contributed by atoms with van der Waals surface area (Å²) in [6, 6.07) is 0. The average molecular weight is 339 g/mol. The van der Waals surface area contributed by atoms with Crippen LogP contribution >= 0.6 is 11.8 Å². The maximum atomic E-state index is 12.3. The van der Waals surface area contributed by atoms with Crippen molar-refractivity contribution >= 4 is 17.7 Å². The average Bonchev–Trinajstić information content (AvgIpc) is 2.57. The van der Waals surface area contributed by atoms with Crippen LogP contribution < -0.4 is 11.0 Å². The Labute approximate surface area is 140 Å². The fraction of sp³-hybridized carbons (Fsp3) is 0.688. The molecule has 2 N–H and O–H groups in total. The molecule has 6 nitrogen and oxygen atoms in total. The Hall–Kier alpha value is -1.34. The summed E-state index contributed by atoms with van der Waals surface area (Å²) in [6.07, 6.45) is 5.39. The van der Waals surface area contributed by atoms with Gasteiger partial charge in [0.2, 0.25) is 5.91 Å². The Bertz CT molecular complexity index is 601. The van der Waals surface area contributed by atoms with Crippen molar-refractivity contribution in [2.24, 2.45) is 0 Å². The molecule has 1 amide bonds. The lowest BCUT2D eigenvalue weighted by Gasteiger charge is -2.22. The molecule has 0 bridgehead atoms. The van der Waals surface area contributed by atoms with E-state index in [0.717, 1.165) is 43.4 Å². The second-order valence-corrected chi connectivity index (χ2v) is 6.66. The Morgan fingerprint density at radius 2 is 2.17 bits per heavy atom. The zero-order chi connectivity index (χ0) is 16.7. The quantitative estimate of drug-likeness (QED) is 0.548. The van der Waals surface area contributed by atoms with Crippen LogP contribution in [0, 0.1) is 0 Å². The molecule has 1 aliphatic rings. The lowest BCUT2D eigenvalue weighted by atomic mass is 9.97. The third-order valence-corrected chi connectivity index (χ3v) is 4.92. The molecule has 0 aliphatic heterocycles. The number of amides is 1. The van der Waals surface area contributed by atoms with E-state index in [2.05, 4.69) is 10.3 Å². The minimum Gasteiger partial charge on any atom is -0.396 e. The van der Waals surface area contributed by atoms with E-state index in [1.165, 1.54) is 11.8 Å². The Morgan fingerprint density at radius 1 is 1.39 bits per heavy atom. The highest BCUT2D eigenvalue weighted by Gasteiger charge is 2.20. The van der Waals surface area contributed by atoms with Gasteiger partial charge in [0, 0.05) is 31.0 Å². The van der Waals surface area contributed by atoms with Crippen molar-refractivity contribution in [3.8, 4) is 0 Å². The minimum absolute atomic E-state index is 0.0207. The van der Waals surface area contributed by atoms with Crippen molar-refractivity contribution in [2.75, 3.05) is 18.9 Å². The maximum absolute atomic E-state index is 12.3. The predicted molar refractivity (Wildman–Crippen MR) is 90.9 cm³/mol. The first-order valence-electron chi connectivity index (χ1n) is 8.30. The highest BCUT2D eigenvalue weighted by Crippen LogP contribution is 2.28. The zero-order valence-electron chi connectivity index (χ0n) is 13.6.